The van der Waals surface area contributed by atoms with Gasteiger partial charge in [-0.3, -0.25) is 4.79 Å². The Bertz CT molecular complexity index is 466. The average molecular weight is 261 g/mol. The van der Waals surface area contributed by atoms with E-state index >= 15 is 0 Å². The van der Waals surface area contributed by atoms with Gasteiger partial charge in [0.15, 0.2) is 0 Å². The van der Waals surface area contributed by atoms with E-state index < -0.39 is 6.03 Å². The van der Waals surface area contributed by atoms with Gasteiger partial charge >= 0.3 is 6.03 Å². The average Bonchev–Trinajstić information content (AvgIpc) is 3.21. The number of benzene rings is 1. The molecule has 1 saturated carbocycles. The summed E-state index contributed by atoms with van der Waals surface area (Å²) in [6, 6.07) is 6.82. The van der Waals surface area contributed by atoms with Crippen molar-refractivity contribution in [1.82, 2.24) is 10.6 Å². The summed E-state index contributed by atoms with van der Waals surface area (Å²) in [5.74, 6) is 0.594. The minimum Gasteiger partial charge on any atom is -0.352 e. The number of carbonyl (C=O) groups is 2. The largest absolute Gasteiger partial charge is 0.352 e. The summed E-state index contributed by atoms with van der Waals surface area (Å²) in [6.07, 6.45) is 2.42. The summed E-state index contributed by atoms with van der Waals surface area (Å²) in [7, 11) is 0. The SMILES string of the molecule is C[C@@H](NC(=O)c1ccc(CNC(N)=O)cc1)C1CC1. The van der Waals surface area contributed by atoms with Gasteiger partial charge in [-0.2, -0.15) is 0 Å². The summed E-state index contributed by atoms with van der Waals surface area (Å²) in [5.41, 5.74) is 6.54. The van der Waals surface area contributed by atoms with Crippen molar-refractivity contribution in [1.29, 1.82) is 0 Å². The van der Waals surface area contributed by atoms with E-state index in [1.807, 2.05) is 19.1 Å². The summed E-state index contributed by atoms with van der Waals surface area (Å²) in [6.45, 7) is 2.41. The topological polar surface area (TPSA) is 84.2 Å². The molecule has 0 spiro atoms. The second-order valence-electron chi connectivity index (χ2n) is 5.01. The van der Waals surface area contributed by atoms with E-state index in [0.717, 1.165) is 5.56 Å². The predicted molar refractivity (Wildman–Crippen MR) is 72.5 cm³/mol. The van der Waals surface area contributed by atoms with Gasteiger partial charge in [-0.25, -0.2) is 4.79 Å². The Kier molecular flexibility index (Phi) is 4.04. The van der Waals surface area contributed by atoms with Crippen molar-refractivity contribution in [3.8, 4) is 0 Å². The van der Waals surface area contributed by atoms with Gasteiger partial charge in [0.2, 0.25) is 0 Å². The van der Waals surface area contributed by atoms with E-state index in [4.69, 9.17) is 5.73 Å². The molecule has 0 unspecified atom stereocenters. The Balaban J connectivity index is 1.89. The highest BCUT2D eigenvalue weighted by atomic mass is 16.2. The van der Waals surface area contributed by atoms with Crippen LogP contribution in [0.5, 0.6) is 0 Å². The number of urea groups is 1. The molecule has 0 saturated heterocycles. The molecular formula is C14H19N3O2. The van der Waals surface area contributed by atoms with E-state index in [1.54, 1.807) is 12.1 Å². The molecule has 5 nitrogen and oxygen atoms in total. The first-order valence-electron chi connectivity index (χ1n) is 6.49. The highest BCUT2D eigenvalue weighted by Crippen LogP contribution is 2.32. The predicted octanol–water partition coefficient (Wildman–Crippen LogP) is 1.38. The minimum absolute atomic E-state index is 0.0474. The molecule has 1 fully saturated rings. The van der Waals surface area contributed by atoms with Crippen LogP contribution in [0.25, 0.3) is 0 Å². The molecule has 5 heteroatoms. The van der Waals surface area contributed by atoms with E-state index in [-0.39, 0.29) is 11.9 Å². The van der Waals surface area contributed by atoms with Crippen LogP contribution in [0.1, 0.15) is 35.7 Å². The van der Waals surface area contributed by atoms with Crippen molar-refractivity contribution >= 4 is 11.9 Å². The molecule has 0 aliphatic heterocycles. The van der Waals surface area contributed by atoms with Crippen LogP contribution in [0, 0.1) is 5.92 Å². The molecule has 1 aliphatic carbocycles. The fourth-order valence-electron chi connectivity index (χ4n) is 1.97. The lowest BCUT2D eigenvalue weighted by Gasteiger charge is -2.13. The smallest absolute Gasteiger partial charge is 0.312 e. The monoisotopic (exact) mass is 261 g/mol. The number of nitrogens with two attached hydrogens (primary N) is 1. The van der Waals surface area contributed by atoms with Crippen molar-refractivity contribution < 1.29 is 9.59 Å². The molecule has 4 N–H and O–H groups in total. The van der Waals surface area contributed by atoms with Gasteiger partial charge in [-0.15, -0.1) is 0 Å². The molecule has 0 aromatic heterocycles. The first-order chi connectivity index (χ1) is 9.06. The van der Waals surface area contributed by atoms with Crippen molar-refractivity contribution in [2.45, 2.75) is 32.4 Å². The quantitative estimate of drug-likeness (QED) is 0.748. The minimum atomic E-state index is -0.555. The van der Waals surface area contributed by atoms with Crippen LogP contribution in [0.3, 0.4) is 0 Å². The van der Waals surface area contributed by atoms with Crippen molar-refractivity contribution in [3.05, 3.63) is 35.4 Å². The Labute approximate surface area is 112 Å². The Morgan fingerprint density at radius 1 is 1.32 bits per heavy atom. The van der Waals surface area contributed by atoms with Crippen LogP contribution < -0.4 is 16.4 Å². The highest BCUT2D eigenvalue weighted by molar-refractivity contribution is 5.94. The zero-order valence-electron chi connectivity index (χ0n) is 11.0. The van der Waals surface area contributed by atoms with Crippen molar-refractivity contribution in [3.63, 3.8) is 0 Å². The summed E-state index contributed by atoms with van der Waals surface area (Å²) < 4.78 is 0. The third kappa shape index (κ3) is 3.98. The first-order valence-corrected chi connectivity index (χ1v) is 6.49. The van der Waals surface area contributed by atoms with Crippen molar-refractivity contribution in [2.75, 3.05) is 0 Å². The number of carbonyl (C=O) groups excluding carboxylic acids is 2. The molecular weight excluding hydrogens is 242 g/mol. The lowest BCUT2D eigenvalue weighted by Crippen LogP contribution is -2.34. The Morgan fingerprint density at radius 2 is 1.95 bits per heavy atom. The summed E-state index contributed by atoms with van der Waals surface area (Å²) in [5, 5.41) is 5.50. The zero-order chi connectivity index (χ0) is 13.8. The van der Waals surface area contributed by atoms with Crippen LogP contribution in [-0.2, 0) is 6.54 Å². The number of hydrogen-bond donors (Lipinski definition) is 3. The third-order valence-corrected chi connectivity index (χ3v) is 3.37. The van der Waals surface area contributed by atoms with E-state index in [9.17, 15) is 9.59 Å². The van der Waals surface area contributed by atoms with E-state index in [2.05, 4.69) is 10.6 Å². The van der Waals surface area contributed by atoms with E-state index in [0.29, 0.717) is 18.0 Å². The van der Waals surface area contributed by atoms with E-state index in [1.165, 1.54) is 12.8 Å². The molecule has 0 radical (unpaired) electrons. The van der Waals surface area contributed by atoms with Gasteiger partial charge < -0.3 is 16.4 Å². The number of rotatable bonds is 5. The number of amides is 3. The van der Waals surface area contributed by atoms with Gasteiger partial charge in [0.25, 0.3) is 5.91 Å². The third-order valence-electron chi connectivity index (χ3n) is 3.37. The summed E-state index contributed by atoms with van der Waals surface area (Å²) >= 11 is 0. The van der Waals surface area contributed by atoms with Crippen LogP contribution in [0.4, 0.5) is 4.79 Å². The fraction of sp³-hybridized carbons (Fsp3) is 0.429. The Hall–Kier alpha value is -2.04. The normalized spacial score (nSPS) is 15.6. The van der Waals surface area contributed by atoms with Gasteiger partial charge in [0, 0.05) is 18.2 Å². The molecule has 102 valence electrons. The lowest BCUT2D eigenvalue weighted by molar-refractivity contribution is 0.0936. The second kappa shape index (κ2) is 5.73. The Morgan fingerprint density at radius 3 is 2.47 bits per heavy atom. The maximum atomic E-state index is 12.0. The summed E-state index contributed by atoms with van der Waals surface area (Å²) in [4.78, 5) is 22.5. The van der Waals surface area contributed by atoms with Crippen molar-refractivity contribution in [2.24, 2.45) is 11.7 Å². The molecule has 2 rings (SSSR count). The molecule has 3 amide bonds. The van der Waals surface area contributed by atoms with Gasteiger partial charge in [0.05, 0.1) is 0 Å². The maximum absolute atomic E-state index is 12.0. The molecule has 0 bridgehead atoms. The molecule has 1 atom stereocenters. The molecule has 1 aromatic carbocycles. The van der Waals surface area contributed by atoms with Gasteiger partial charge in [-0.1, -0.05) is 12.1 Å². The standard InChI is InChI=1S/C14H19N3O2/c1-9(11-6-7-11)17-13(18)12-4-2-10(3-5-12)8-16-14(15)19/h2-5,9,11H,6-8H2,1H3,(H,17,18)(H3,15,16,19)/t9-/m1/s1. The van der Waals surface area contributed by atoms with Gasteiger partial charge in [-0.05, 0) is 43.4 Å². The number of nitrogens with one attached hydrogen (secondary N) is 2. The van der Waals surface area contributed by atoms with Crippen LogP contribution in [0.15, 0.2) is 24.3 Å². The van der Waals surface area contributed by atoms with Crippen LogP contribution in [-0.4, -0.2) is 18.0 Å². The first kappa shape index (κ1) is 13.4. The van der Waals surface area contributed by atoms with Crippen LogP contribution >= 0.6 is 0 Å². The molecule has 1 aromatic rings. The lowest BCUT2D eigenvalue weighted by atomic mass is 10.1. The van der Waals surface area contributed by atoms with Crippen LogP contribution in [0.2, 0.25) is 0 Å². The molecule has 19 heavy (non-hydrogen) atoms. The maximum Gasteiger partial charge on any atom is 0.312 e. The second-order valence-corrected chi connectivity index (χ2v) is 5.01. The zero-order valence-corrected chi connectivity index (χ0v) is 11.0. The molecule has 0 heterocycles. The fourth-order valence-corrected chi connectivity index (χ4v) is 1.97. The molecule has 1 aliphatic rings. The number of primary amides is 1. The van der Waals surface area contributed by atoms with Gasteiger partial charge in [0.1, 0.15) is 0 Å². The number of hydrogen-bond acceptors (Lipinski definition) is 2. The highest BCUT2D eigenvalue weighted by Gasteiger charge is 2.28.